The molecule has 4 aromatic rings. The smallest absolute Gasteiger partial charge is 0.419 e. The summed E-state index contributed by atoms with van der Waals surface area (Å²) in [5.41, 5.74) is 0.515. The molecular weight excluding hydrogens is 626 g/mol. The molecule has 244 valence electrons. The predicted molar refractivity (Wildman–Crippen MR) is 160 cm³/mol. The number of amides is 2. The standard InChI is InChI=1S/C34H28F6N4O3/c1-47-29-14-28(37)27(36)13-24(29)32(45)43-31-22-9-8-21(23(22)11-19-15-41-44(17-19)16-18-5-3-2-4-6-18)30(31)33(46)42-20-7-10-26(35)25(12-20)34(38,39)40/h2-7,10-15,17,21-22,30-31H,8-9,16H2,1H3,(H,42,46)(H,43,45)/t21?,22?,30-,31+/m0/s1. The molecule has 0 aliphatic heterocycles. The first kappa shape index (κ1) is 31.9. The van der Waals surface area contributed by atoms with Crippen molar-refractivity contribution < 1.29 is 40.7 Å². The Balaban J connectivity index is 1.32. The molecule has 2 unspecified atom stereocenters. The molecular formula is C34H28F6N4O3. The number of fused-ring (bicyclic) bond motifs is 2. The SMILES string of the molecule is COc1cc(F)c(F)cc1C(=O)N[C@@H]1C2CCC(C2=Cc2cnn(Cc3ccccc3)c2)[C@@H]1C(=O)Nc1ccc(F)c(C(F)(F)F)c1. The summed E-state index contributed by atoms with van der Waals surface area (Å²) in [6.45, 7) is 0.522. The van der Waals surface area contributed by atoms with Gasteiger partial charge in [-0.15, -0.1) is 0 Å². The maximum atomic E-state index is 14.2. The summed E-state index contributed by atoms with van der Waals surface area (Å²) in [6.07, 6.45) is 1.53. The highest BCUT2D eigenvalue weighted by molar-refractivity contribution is 5.99. The van der Waals surface area contributed by atoms with E-state index in [4.69, 9.17) is 4.74 Å². The van der Waals surface area contributed by atoms with Gasteiger partial charge in [-0.05, 0) is 48.6 Å². The number of methoxy groups -OCH3 is 1. The average Bonchev–Trinajstić information content (AvgIpc) is 3.72. The fourth-order valence-electron chi connectivity index (χ4n) is 6.65. The zero-order valence-corrected chi connectivity index (χ0v) is 24.8. The molecule has 4 atom stereocenters. The van der Waals surface area contributed by atoms with Crippen molar-refractivity contribution in [2.75, 3.05) is 12.4 Å². The van der Waals surface area contributed by atoms with Gasteiger partial charge in [0.25, 0.3) is 5.91 Å². The number of carbonyl (C=O) groups is 2. The molecule has 2 fully saturated rings. The van der Waals surface area contributed by atoms with Crippen LogP contribution >= 0.6 is 0 Å². The van der Waals surface area contributed by atoms with Crippen LogP contribution in [-0.2, 0) is 17.5 Å². The molecule has 47 heavy (non-hydrogen) atoms. The normalized spacial score (nSPS) is 21.2. The molecule has 7 nitrogen and oxygen atoms in total. The van der Waals surface area contributed by atoms with Gasteiger partial charge in [0.1, 0.15) is 11.6 Å². The summed E-state index contributed by atoms with van der Waals surface area (Å²) in [5, 5.41) is 9.70. The molecule has 2 aliphatic carbocycles. The van der Waals surface area contributed by atoms with Gasteiger partial charge in [0.15, 0.2) is 11.6 Å². The number of aromatic nitrogens is 2. The van der Waals surface area contributed by atoms with Crippen molar-refractivity contribution in [3.63, 3.8) is 0 Å². The third-order valence-electron chi connectivity index (χ3n) is 8.70. The van der Waals surface area contributed by atoms with E-state index in [1.807, 2.05) is 42.6 Å². The minimum atomic E-state index is -4.99. The molecule has 0 saturated heterocycles. The molecule has 2 amide bonds. The fourth-order valence-corrected chi connectivity index (χ4v) is 6.65. The summed E-state index contributed by atoms with van der Waals surface area (Å²) in [7, 11) is 1.19. The highest BCUT2D eigenvalue weighted by atomic mass is 19.4. The van der Waals surface area contributed by atoms with E-state index in [2.05, 4.69) is 15.7 Å². The third kappa shape index (κ3) is 6.47. The van der Waals surface area contributed by atoms with Crippen LogP contribution in [0.15, 0.2) is 78.6 Å². The Morgan fingerprint density at radius 2 is 1.70 bits per heavy atom. The zero-order chi connectivity index (χ0) is 33.5. The van der Waals surface area contributed by atoms with E-state index >= 15 is 0 Å². The molecule has 1 heterocycles. The zero-order valence-electron chi connectivity index (χ0n) is 24.8. The van der Waals surface area contributed by atoms with Crippen LogP contribution in [-0.4, -0.2) is 34.7 Å². The van der Waals surface area contributed by atoms with Crippen LogP contribution in [0.1, 0.15) is 39.9 Å². The molecule has 2 N–H and O–H groups in total. The fraction of sp³-hybridized carbons (Fsp3) is 0.265. The highest BCUT2D eigenvalue weighted by Crippen LogP contribution is 2.53. The summed E-state index contributed by atoms with van der Waals surface area (Å²) in [4.78, 5) is 27.3. The third-order valence-corrected chi connectivity index (χ3v) is 8.70. The van der Waals surface area contributed by atoms with Gasteiger partial charge >= 0.3 is 6.18 Å². The monoisotopic (exact) mass is 654 g/mol. The average molecular weight is 655 g/mol. The Kier molecular flexibility index (Phi) is 8.56. The second-order valence-corrected chi connectivity index (χ2v) is 11.6. The van der Waals surface area contributed by atoms with E-state index in [-0.39, 0.29) is 22.9 Å². The number of alkyl halides is 3. The first-order chi connectivity index (χ1) is 22.4. The first-order valence-electron chi connectivity index (χ1n) is 14.7. The number of nitrogens with zero attached hydrogens (tertiary/aromatic N) is 2. The number of ether oxygens (including phenoxy) is 1. The molecule has 2 bridgehead atoms. The largest absolute Gasteiger partial charge is 0.496 e. The molecule has 3 aromatic carbocycles. The van der Waals surface area contributed by atoms with E-state index in [1.165, 1.54) is 7.11 Å². The Hall–Kier alpha value is -5.07. The van der Waals surface area contributed by atoms with E-state index < -0.39 is 58.9 Å². The van der Waals surface area contributed by atoms with Gasteiger partial charge < -0.3 is 15.4 Å². The molecule has 2 saturated carbocycles. The lowest BCUT2D eigenvalue weighted by Crippen LogP contribution is -2.48. The molecule has 0 radical (unpaired) electrons. The number of halogens is 6. The van der Waals surface area contributed by atoms with Gasteiger partial charge in [-0.1, -0.05) is 42.0 Å². The number of benzene rings is 3. The van der Waals surface area contributed by atoms with Crippen molar-refractivity contribution in [2.24, 2.45) is 17.8 Å². The number of anilines is 1. The van der Waals surface area contributed by atoms with Gasteiger partial charge in [0.05, 0.1) is 36.9 Å². The molecule has 6 rings (SSSR count). The van der Waals surface area contributed by atoms with Gasteiger partial charge in [-0.2, -0.15) is 18.3 Å². The minimum absolute atomic E-state index is 0.224. The minimum Gasteiger partial charge on any atom is -0.496 e. The molecule has 2 aliphatic rings. The van der Waals surface area contributed by atoms with Crippen LogP contribution in [0.2, 0.25) is 0 Å². The number of hydrogen-bond acceptors (Lipinski definition) is 4. The van der Waals surface area contributed by atoms with Gasteiger partial charge in [-0.3, -0.25) is 14.3 Å². The van der Waals surface area contributed by atoms with Crippen molar-refractivity contribution in [1.82, 2.24) is 15.1 Å². The van der Waals surface area contributed by atoms with Crippen LogP contribution in [0.25, 0.3) is 6.08 Å². The van der Waals surface area contributed by atoms with Crippen LogP contribution in [0.5, 0.6) is 5.75 Å². The van der Waals surface area contributed by atoms with E-state index in [0.29, 0.717) is 37.6 Å². The highest BCUT2D eigenvalue weighted by Gasteiger charge is 2.54. The second kappa shape index (κ2) is 12.6. The lowest BCUT2D eigenvalue weighted by Gasteiger charge is -2.30. The first-order valence-corrected chi connectivity index (χ1v) is 14.7. The van der Waals surface area contributed by atoms with Gasteiger partial charge in [0, 0.05) is 35.5 Å². The predicted octanol–water partition coefficient (Wildman–Crippen LogP) is 6.85. The van der Waals surface area contributed by atoms with Crippen molar-refractivity contribution in [2.45, 2.75) is 31.6 Å². The quantitative estimate of drug-likeness (QED) is 0.204. The van der Waals surface area contributed by atoms with Crippen molar-refractivity contribution in [1.29, 1.82) is 0 Å². The van der Waals surface area contributed by atoms with E-state index in [0.717, 1.165) is 28.8 Å². The second-order valence-electron chi connectivity index (χ2n) is 11.6. The molecule has 0 spiro atoms. The Morgan fingerprint density at radius 3 is 2.43 bits per heavy atom. The number of nitrogens with one attached hydrogen (secondary N) is 2. The van der Waals surface area contributed by atoms with Gasteiger partial charge in [-0.25, -0.2) is 13.2 Å². The lowest BCUT2D eigenvalue weighted by molar-refractivity contribution is -0.140. The van der Waals surface area contributed by atoms with E-state index in [1.54, 1.807) is 10.9 Å². The summed E-state index contributed by atoms with van der Waals surface area (Å²) in [5.74, 6) is -7.47. The van der Waals surface area contributed by atoms with Crippen molar-refractivity contribution in [3.05, 3.63) is 118 Å². The molecule has 1 aromatic heterocycles. The molecule has 13 heteroatoms. The van der Waals surface area contributed by atoms with Gasteiger partial charge in [0.2, 0.25) is 5.91 Å². The van der Waals surface area contributed by atoms with E-state index in [9.17, 15) is 35.9 Å². The maximum Gasteiger partial charge on any atom is 0.419 e. The van der Waals surface area contributed by atoms with Crippen LogP contribution < -0.4 is 15.4 Å². The topological polar surface area (TPSA) is 85.2 Å². The maximum absolute atomic E-state index is 14.2. The number of hydrogen-bond donors (Lipinski definition) is 2. The Labute approximate surface area is 265 Å². The Bertz CT molecular complexity index is 1860. The van der Waals surface area contributed by atoms with Crippen LogP contribution in [0, 0.1) is 35.2 Å². The number of rotatable bonds is 8. The lowest BCUT2D eigenvalue weighted by atomic mass is 9.83. The summed E-state index contributed by atoms with van der Waals surface area (Å²) < 4.78 is 88.9. The van der Waals surface area contributed by atoms with Crippen molar-refractivity contribution >= 4 is 23.6 Å². The summed E-state index contributed by atoms with van der Waals surface area (Å²) >= 11 is 0. The van der Waals surface area contributed by atoms with Crippen molar-refractivity contribution in [3.8, 4) is 5.75 Å². The number of carbonyl (C=O) groups excluding carboxylic acids is 2. The Morgan fingerprint density at radius 1 is 0.979 bits per heavy atom. The van der Waals surface area contributed by atoms with Crippen LogP contribution in [0.4, 0.5) is 32.0 Å². The van der Waals surface area contributed by atoms with Crippen LogP contribution in [0.3, 0.4) is 0 Å². The summed E-state index contributed by atoms with van der Waals surface area (Å²) in [6, 6.07) is 12.4.